The van der Waals surface area contributed by atoms with Crippen molar-refractivity contribution in [2.45, 2.75) is 25.4 Å². The number of ether oxygens (including phenoxy) is 2. The lowest BCUT2D eigenvalue weighted by molar-refractivity contribution is 0.00705. The number of hydrogen-bond donors (Lipinski definition) is 1. The van der Waals surface area contributed by atoms with Crippen molar-refractivity contribution in [2.75, 3.05) is 19.8 Å². The van der Waals surface area contributed by atoms with E-state index in [0.717, 1.165) is 31.6 Å². The van der Waals surface area contributed by atoms with Crippen LogP contribution in [0.1, 0.15) is 18.4 Å². The van der Waals surface area contributed by atoms with E-state index in [2.05, 4.69) is 6.07 Å². The van der Waals surface area contributed by atoms with E-state index in [1.165, 1.54) is 5.56 Å². The van der Waals surface area contributed by atoms with Crippen molar-refractivity contribution < 1.29 is 9.47 Å². The Morgan fingerprint density at radius 3 is 3.00 bits per heavy atom. The summed E-state index contributed by atoms with van der Waals surface area (Å²) in [5.41, 5.74) is 6.77. The van der Waals surface area contributed by atoms with Gasteiger partial charge in [-0.2, -0.15) is 0 Å². The monoisotopic (exact) mass is 221 g/mol. The van der Waals surface area contributed by atoms with Crippen LogP contribution in [0.3, 0.4) is 0 Å². The molecule has 1 saturated heterocycles. The van der Waals surface area contributed by atoms with Crippen LogP contribution in [0.25, 0.3) is 0 Å². The molecular formula is C13H19NO2. The Morgan fingerprint density at radius 1 is 1.38 bits per heavy atom. The normalized spacial score (nSPS) is 20.7. The number of benzene rings is 1. The standard InChI is InChI=1S/C13H19NO2/c14-8-7-11-4-1-2-6-13(11)16-12-5-3-9-15-10-12/h1-2,4,6,12H,3,5,7-10,14H2. The first kappa shape index (κ1) is 11.4. The number of para-hydroxylation sites is 1. The maximum atomic E-state index is 5.96. The molecule has 2 rings (SSSR count). The summed E-state index contributed by atoms with van der Waals surface area (Å²) in [7, 11) is 0. The fraction of sp³-hybridized carbons (Fsp3) is 0.538. The van der Waals surface area contributed by atoms with Gasteiger partial charge < -0.3 is 15.2 Å². The van der Waals surface area contributed by atoms with Gasteiger partial charge in [-0.25, -0.2) is 0 Å². The molecule has 1 unspecified atom stereocenters. The second kappa shape index (κ2) is 5.87. The molecule has 1 aliphatic heterocycles. The van der Waals surface area contributed by atoms with Crippen LogP contribution < -0.4 is 10.5 Å². The molecule has 2 N–H and O–H groups in total. The molecule has 0 aromatic heterocycles. The topological polar surface area (TPSA) is 44.5 Å². The Kier molecular flexibility index (Phi) is 4.19. The van der Waals surface area contributed by atoms with Gasteiger partial charge in [-0.1, -0.05) is 18.2 Å². The highest BCUT2D eigenvalue weighted by Crippen LogP contribution is 2.22. The Labute approximate surface area is 96.5 Å². The highest BCUT2D eigenvalue weighted by molar-refractivity contribution is 5.33. The summed E-state index contributed by atoms with van der Waals surface area (Å²) in [5.74, 6) is 0.962. The predicted octanol–water partition coefficient (Wildman–Crippen LogP) is 1.75. The number of hydrogen-bond acceptors (Lipinski definition) is 3. The minimum atomic E-state index is 0.202. The van der Waals surface area contributed by atoms with Gasteiger partial charge in [0, 0.05) is 6.61 Å². The average Bonchev–Trinajstić information content (AvgIpc) is 2.33. The van der Waals surface area contributed by atoms with Crippen LogP contribution >= 0.6 is 0 Å². The zero-order valence-corrected chi connectivity index (χ0v) is 9.52. The molecule has 0 amide bonds. The molecule has 3 nitrogen and oxygen atoms in total. The van der Waals surface area contributed by atoms with Crippen molar-refractivity contribution >= 4 is 0 Å². The molecule has 1 aromatic rings. The fourth-order valence-electron chi connectivity index (χ4n) is 1.96. The Balaban J connectivity index is 2.01. The van der Waals surface area contributed by atoms with Gasteiger partial charge in [0.2, 0.25) is 0 Å². The molecule has 3 heteroatoms. The van der Waals surface area contributed by atoms with Gasteiger partial charge in [-0.05, 0) is 37.4 Å². The van der Waals surface area contributed by atoms with Crippen LogP contribution in [0, 0.1) is 0 Å². The van der Waals surface area contributed by atoms with Crippen LogP contribution in [-0.2, 0) is 11.2 Å². The highest BCUT2D eigenvalue weighted by Gasteiger charge is 2.16. The van der Waals surface area contributed by atoms with Crippen molar-refractivity contribution in [2.24, 2.45) is 5.73 Å². The first-order valence-corrected chi connectivity index (χ1v) is 5.92. The molecule has 1 aliphatic rings. The van der Waals surface area contributed by atoms with E-state index >= 15 is 0 Å². The molecule has 0 saturated carbocycles. The van der Waals surface area contributed by atoms with Gasteiger partial charge in [0.1, 0.15) is 11.9 Å². The van der Waals surface area contributed by atoms with Crippen molar-refractivity contribution in [1.82, 2.24) is 0 Å². The Morgan fingerprint density at radius 2 is 2.25 bits per heavy atom. The van der Waals surface area contributed by atoms with Crippen molar-refractivity contribution in [3.05, 3.63) is 29.8 Å². The van der Waals surface area contributed by atoms with Crippen molar-refractivity contribution in [3.63, 3.8) is 0 Å². The molecule has 0 spiro atoms. The minimum Gasteiger partial charge on any atom is -0.488 e. The van der Waals surface area contributed by atoms with E-state index < -0.39 is 0 Å². The van der Waals surface area contributed by atoms with E-state index in [1.807, 2.05) is 18.2 Å². The van der Waals surface area contributed by atoms with Crippen LogP contribution in [0.15, 0.2) is 24.3 Å². The quantitative estimate of drug-likeness (QED) is 0.842. The third kappa shape index (κ3) is 2.97. The van der Waals surface area contributed by atoms with Crippen molar-refractivity contribution in [3.8, 4) is 5.75 Å². The van der Waals surface area contributed by atoms with Crippen LogP contribution in [-0.4, -0.2) is 25.9 Å². The van der Waals surface area contributed by atoms with E-state index in [9.17, 15) is 0 Å². The first-order chi connectivity index (χ1) is 7.90. The summed E-state index contributed by atoms with van der Waals surface area (Å²) in [4.78, 5) is 0. The summed E-state index contributed by atoms with van der Waals surface area (Å²) >= 11 is 0. The summed E-state index contributed by atoms with van der Waals surface area (Å²) < 4.78 is 11.4. The largest absolute Gasteiger partial charge is 0.488 e. The maximum absolute atomic E-state index is 5.96. The van der Waals surface area contributed by atoms with Gasteiger partial charge in [-0.15, -0.1) is 0 Å². The molecule has 1 atom stereocenters. The van der Waals surface area contributed by atoms with E-state index in [-0.39, 0.29) is 6.10 Å². The van der Waals surface area contributed by atoms with E-state index in [0.29, 0.717) is 13.2 Å². The van der Waals surface area contributed by atoms with E-state index in [4.69, 9.17) is 15.2 Å². The third-order valence-electron chi connectivity index (χ3n) is 2.80. The fourth-order valence-corrected chi connectivity index (χ4v) is 1.96. The minimum absolute atomic E-state index is 0.202. The molecule has 1 fully saturated rings. The molecule has 0 aliphatic carbocycles. The molecule has 1 aromatic carbocycles. The van der Waals surface area contributed by atoms with Gasteiger partial charge in [-0.3, -0.25) is 0 Å². The summed E-state index contributed by atoms with van der Waals surface area (Å²) in [6.07, 6.45) is 3.23. The molecule has 1 heterocycles. The van der Waals surface area contributed by atoms with E-state index in [1.54, 1.807) is 0 Å². The summed E-state index contributed by atoms with van der Waals surface area (Å²) in [6, 6.07) is 8.11. The average molecular weight is 221 g/mol. The summed E-state index contributed by atoms with van der Waals surface area (Å²) in [6.45, 7) is 2.23. The third-order valence-corrected chi connectivity index (χ3v) is 2.80. The Bertz CT molecular complexity index is 321. The lowest BCUT2D eigenvalue weighted by Crippen LogP contribution is -2.28. The van der Waals surface area contributed by atoms with Gasteiger partial charge in [0.15, 0.2) is 0 Å². The second-order valence-corrected chi connectivity index (χ2v) is 4.10. The summed E-state index contributed by atoms with van der Waals surface area (Å²) in [5, 5.41) is 0. The molecule has 88 valence electrons. The van der Waals surface area contributed by atoms with Crippen LogP contribution in [0.5, 0.6) is 5.75 Å². The highest BCUT2D eigenvalue weighted by atomic mass is 16.5. The first-order valence-electron chi connectivity index (χ1n) is 5.92. The lowest BCUT2D eigenvalue weighted by atomic mass is 10.1. The zero-order chi connectivity index (χ0) is 11.2. The number of nitrogens with two attached hydrogens (primary N) is 1. The SMILES string of the molecule is NCCc1ccccc1OC1CCCOC1. The molecule has 0 radical (unpaired) electrons. The lowest BCUT2D eigenvalue weighted by Gasteiger charge is -2.24. The van der Waals surface area contributed by atoms with Gasteiger partial charge in [0.05, 0.1) is 6.61 Å². The zero-order valence-electron chi connectivity index (χ0n) is 9.52. The van der Waals surface area contributed by atoms with Crippen LogP contribution in [0.2, 0.25) is 0 Å². The second-order valence-electron chi connectivity index (χ2n) is 4.10. The predicted molar refractivity (Wildman–Crippen MR) is 63.7 cm³/mol. The van der Waals surface area contributed by atoms with Crippen LogP contribution in [0.4, 0.5) is 0 Å². The van der Waals surface area contributed by atoms with Gasteiger partial charge >= 0.3 is 0 Å². The smallest absolute Gasteiger partial charge is 0.123 e. The molecule has 16 heavy (non-hydrogen) atoms. The molecule has 0 bridgehead atoms. The maximum Gasteiger partial charge on any atom is 0.123 e. The molecular weight excluding hydrogens is 202 g/mol. The van der Waals surface area contributed by atoms with Crippen molar-refractivity contribution in [1.29, 1.82) is 0 Å². The number of rotatable bonds is 4. The Hall–Kier alpha value is -1.06. The van der Waals surface area contributed by atoms with Gasteiger partial charge in [0.25, 0.3) is 0 Å².